The summed E-state index contributed by atoms with van der Waals surface area (Å²) in [5, 5.41) is 3.40. The molecule has 0 radical (unpaired) electrons. The first kappa shape index (κ1) is 16.7. The molecule has 136 valence electrons. The van der Waals surface area contributed by atoms with Crippen LogP contribution in [0.1, 0.15) is 44.2 Å². The van der Waals surface area contributed by atoms with Gasteiger partial charge in [-0.2, -0.15) is 0 Å². The SMILES string of the molecule is CCOC1CC(NC(N)=NC2CCOc3ccccc32)C12CCCO2. The van der Waals surface area contributed by atoms with Gasteiger partial charge in [-0.25, -0.2) is 4.99 Å². The van der Waals surface area contributed by atoms with Gasteiger partial charge in [0, 0.05) is 25.2 Å². The molecular formula is C19H27N3O3. The van der Waals surface area contributed by atoms with Gasteiger partial charge in [-0.3, -0.25) is 0 Å². The summed E-state index contributed by atoms with van der Waals surface area (Å²) in [6.07, 6.45) is 4.01. The number of guanidine groups is 1. The van der Waals surface area contributed by atoms with Crippen molar-refractivity contribution in [3.63, 3.8) is 0 Å². The van der Waals surface area contributed by atoms with Crippen LogP contribution >= 0.6 is 0 Å². The summed E-state index contributed by atoms with van der Waals surface area (Å²) in [6, 6.07) is 8.26. The Morgan fingerprint density at radius 2 is 2.28 bits per heavy atom. The van der Waals surface area contributed by atoms with E-state index in [1.165, 1.54) is 0 Å². The maximum Gasteiger partial charge on any atom is 0.189 e. The molecule has 0 bridgehead atoms. The van der Waals surface area contributed by atoms with E-state index in [0.717, 1.165) is 43.6 Å². The van der Waals surface area contributed by atoms with Crippen molar-refractivity contribution in [1.82, 2.24) is 5.32 Å². The molecule has 3 N–H and O–H groups in total. The minimum absolute atomic E-state index is 0.0423. The summed E-state index contributed by atoms with van der Waals surface area (Å²) in [4.78, 5) is 4.73. The van der Waals surface area contributed by atoms with Crippen molar-refractivity contribution in [2.45, 2.75) is 56.4 Å². The van der Waals surface area contributed by atoms with Gasteiger partial charge >= 0.3 is 0 Å². The molecule has 4 atom stereocenters. The van der Waals surface area contributed by atoms with Gasteiger partial charge in [0.1, 0.15) is 11.4 Å². The average molecular weight is 345 g/mol. The van der Waals surface area contributed by atoms with Gasteiger partial charge in [0.05, 0.1) is 24.8 Å². The first-order valence-electron chi connectivity index (χ1n) is 9.30. The topological polar surface area (TPSA) is 78.1 Å². The van der Waals surface area contributed by atoms with Crippen molar-refractivity contribution in [2.75, 3.05) is 19.8 Å². The van der Waals surface area contributed by atoms with Crippen LogP contribution in [0, 0.1) is 0 Å². The number of nitrogens with two attached hydrogens (primary N) is 1. The molecule has 0 aromatic heterocycles. The van der Waals surface area contributed by atoms with Crippen molar-refractivity contribution >= 4 is 5.96 Å². The molecule has 1 aromatic rings. The molecule has 1 aliphatic carbocycles. The van der Waals surface area contributed by atoms with Gasteiger partial charge in [0.25, 0.3) is 0 Å². The molecule has 1 saturated carbocycles. The van der Waals surface area contributed by atoms with Gasteiger partial charge in [0.2, 0.25) is 0 Å². The third-order valence-electron chi connectivity index (χ3n) is 5.58. The Morgan fingerprint density at radius 3 is 3.08 bits per heavy atom. The highest BCUT2D eigenvalue weighted by molar-refractivity contribution is 5.79. The van der Waals surface area contributed by atoms with Crippen molar-refractivity contribution in [2.24, 2.45) is 10.7 Å². The number of nitrogens with zero attached hydrogens (tertiary/aromatic N) is 1. The van der Waals surface area contributed by atoms with Crippen molar-refractivity contribution < 1.29 is 14.2 Å². The number of benzene rings is 1. The fourth-order valence-electron chi connectivity index (χ4n) is 4.32. The minimum Gasteiger partial charge on any atom is -0.493 e. The van der Waals surface area contributed by atoms with Crippen LogP contribution in [0.5, 0.6) is 5.75 Å². The van der Waals surface area contributed by atoms with E-state index in [9.17, 15) is 0 Å². The molecule has 6 nitrogen and oxygen atoms in total. The molecular weight excluding hydrogens is 318 g/mol. The van der Waals surface area contributed by atoms with Crippen LogP contribution in [-0.4, -0.2) is 43.5 Å². The van der Waals surface area contributed by atoms with Gasteiger partial charge in [-0.1, -0.05) is 18.2 Å². The Balaban J connectivity index is 1.46. The standard InChI is InChI=1S/C19H27N3O3/c1-2-23-17-12-16(19(17)9-5-10-25-19)22-18(20)21-14-8-11-24-15-7-4-3-6-13(14)15/h3-4,6-7,14,16-17H,2,5,8-12H2,1H3,(H3,20,21,22). The van der Waals surface area contributed by atoms with Gasteiger partial charge in [0.15, 0.2) is 5.96 Å². The lowest BCUT2D eigenvalue weighted by molar-refractivity contribution is -0.194. The molecule has 1 spiro atoms. The smallest absolute Gasteiger partial charge is 0.189 e. The lowest BCUT2D eigenvalue weighted by atomic mass is 9.70. The van der Waals surface area contributed by atoms with Gasteiger partial charge in [-0.15, -0.1) is 0 Å². The average Bonchev–Trinajstić information content (AvgIpc) is 3.14. The zero-order valence-electron chi connectivity index (χ0n) is 14.7. The Kier molecular flexibility index (Phi) is 4.56. The number of ether oxygens (including phenoxy) is 3. The summed E-state index contributed by atoms with van der Waals surface area (Å²) < 4.78 is 17.6. The quantitative estimate of drug-likeness (QED) is 0.646. The summed E-state index contributed by atoms with van der Waals surface area (Å²) in [5.74, 6) is 1.39. The number of hydrogen-bond donors (Lipinski definition) is 2. The van der Waals surface area contributed by atoms with E-state index in [4.69, 9.17) is 24.9 Å². The van der Waals surface area contributed by atoms with Gasteiger partial charge in [-0.05, 0) is 32.3 Å². The molecule has 1 aromatic carbocycles. The Labute approximate surface area is 148 Å². The fraction of sp³-hybridized carbons (Fsp3) is 0.632. The summed E-state index contributed by atoms with van der Waals surface area (Å²) in [5.41, 5.74) is 7.11. The Bertz CT molecular complexity index is 643. The molecule has 4 unspecified atom stereocenters. The highest BCUT2D eigenvalue weighted by Crippen LogP contribution is 2.45. The monoisotopic (exact) mass is 345 g/mol. The number of aliphatic imine (C=N–C) groups is 1. The molecule has 2 heterocycles. The normalized spacial score (nSPS) is 34.3. The molecule has 6 heteroatoms. The van der Waals surface area contributed by atoms with Crippen molar-refractivity contribution in [3.05, 3.63) is 29.8 Å². The number of fused-ring (bicyclic) bond motifs is 1. The van der Waals surface area contributed by atoms with Crippen LogP contribution in [0.15, 0.2) is 29.3 Å². The van der Waals surface area contributed by atoms with E-state index < -0.39 is 0 Å². The van der Waals surface area contributed by atoms with Crippen LogP contribution in [0.3, 0.4) is 0 Å². The predicted molar refractivity (Wildman–Crippen MR) is 95.8 cm³/mol. The van der Waals surface area contributed by atoms with E-state index in [1.807, 2.05) is 25.1 Å². The zero-order chi connectivity index (χ0) is 17.3. The molecule has 2 fully saturated rings. The first-order chi connectivity index (χ1) is 12.2. The number of rotatable bonds is 4. The highest BCUT2D eigenvalue weighted by Gasteiger charge is 2.59. The second-order valence-corrected chi connectivity index (χ2v) is 6.99. The van der Waals surface area contributed by atoms with Crippen LogP contribution in [-0.2, 0) is 9.47 Å². The number of nitrogens with one attached hydrogen (secondary N) is 1. The molecule has 3 aliphatic rings. The van der Waals surface area contributed by atoms with E-state index in [1.54, 1.807) is 0 Å². The van der Waals surface area contributed by atoms with Crippen LogP contribution in [0.4, 0.5) is 0 Å². The molecule has 2 aliphatic heterocycles. The highest BCUT2D eigenvalue weighted by atomic mass is 16.6. The van der Waals surface area contributed by atoms with Crippen molar-refractivity contribution in [1.29, 1.82) is 0 Å². The second-order valence-electron chi connectivity index (χ2n) is 6.99. The number of hydrogen-bond acceptors (Lipinski definition) is 4. The fourth-order valence-corrected chi connectivity index (χ4v) is 4.32. The Hall–Kier alpha value is -1.79. The maximum atomic E-state index is 6.24. The third-order valence-corrected chi connectivity index (χ3v) is 5.58. The molecule has 1 saturated heterocycles. The van der Waals surface area contributed by atoms with Gasteiger partial charge < -0.3 is 25.3 Å². The lowest BCUT2D eigenvalue weighted by Gasteiger charge is -2.52. The van der Waals surface area contributed by atoms with Crippen molar-refractivity contribution in [3.8, 4) is 5.75 Å². The number of para-hydroxylation sites is 1. The van der Waals surface area contributed by atoms with Crippen LogP contribution in [0.2, 0.25) is 0 Å². The first-order valence-corrected chi connectivity index (χ1v) is 9.30. The molecule has 0 amide bonds. The lowest BCUT2D eigenvalue weighted by Crippen LogP contribution is -2.70. The third kappa shape index (κ3) is 2.98. The van der Waals surface area contributed by atoms with E-state index in [0.29, 0.717) is 19.2 Å². The minimum atomic E-state index is -0.232. The zero-order valence-corrected chi connectivity index (χ0v) is 14.7. The van der Waals surface area contributed by atoms with E-state index in [-0.39, 0.29) is 23.8 Å². The van der Waals surface area contributed by atoms with Crippen LogP contribution in [0.25, 0.3) is 0 Å². The predicted octanol–water partition coefficient (Wildman–Crippen LogP) is 2.14. The van der Waals surface area contributed by atoms with Crippen LogP contribution < -0.4 is 15.8 Å². The molecule has 4 rings (SSSR count). The Morgan fingerprint density at radius 1 is 1.40 bits per heavy atom. The van der Waals surface area contributed by atoms with E-state index >= 15 is 0 Å². The second kappa shape index (κ2) is 6.84. The summed E-state index contributed by atoms with van der Waals surface area (Å²) in [7, 11) is 0. The molecule has 25 heavy (non-hydrogen) atoms. The summed E-state index contributed by atoms with van der Waals surface area (Å²) in [6.45, 7) is 4.21. The largest absolute Gasteiger partial charge is 0.493 e. The van der Waals surface area contributed by atoms with E-state index in [2.05, 4.69) is 11.4 Å². The maximum absolute atomic E-state index is 6.24. The summed E-state index contributed by atoms with van der Waals surface area (Å²) >= 11 is 0.